The van der Waals surface area contributed by atoms with Crippen LogP contribution in [-0.2, 0) is 0 Å². The van der Waals surface area contributed by atoms with E-state index in [1.807, 2.05) is 22.7 Å². The second-order valence-corrected chi connectivity index (χ2v) is 14.2. The minimum absolute atomic E-state index is 1.17. The number of benzene rings is 8. The molecule has 47 heavy (non-hydrogen) atoms. The molecule has 0 amide bonds. The Hall–Kier alpha value is -5.48. The van der Waals surface area contributed by atoms with Crippen molar-refractivity contribution in [3.63, 3.8) is 0 Å². The van der Waals surface area contributed by atoms with Gasteiger partial charge in [-0.2, -0.15) is 0 Å². The Morgan fingerprint density at radius 1 is 0.319 bits per heavy atom. The third-order valence-corrected chi connectivity index (χ3v) is 11.9. The van der Waals surface area contributed by atoms with Gasteiger partial charge in [0.1, 0.15) is 0 Å². The van der Waals surface area contributed by atoms with Crippen molar-refractivity contribution in [2.75, 3.05) is 4.90 Å². The zero-order chi connectivity index (χ0) is 30.9. The van der Waals surface area contributed by atoms with Crippen LogP contribution in [0.3, 0.4) is 0 Å². The second kappa shape index (κ2) is 10.5. The highest BCUT2D eigenvalue weighted by atomic mass is 32.1. The molecular formula is C44H27NS2. The number of para-hydroxylation sites is 1. The molecule has 2 heterocycles. The quantitative estimate of drug-likeness (QED) is 0.174. The molecule has 2 aromatic heterocycles. The highest BCUT2D eigenvalue weighted by Crippen LogP contribution is 2.51. The minimum atomic E-state index is 1.17. The van der Waals surface area contributed by atoms with E-state index in [0.717, 1.165) is 0 Å². The smallest absolute Gasteiger partial charge is 0.0641 e. The number of hydrogen-bond acceptors (Lipinski definition) is 3. The van der Waals surface area contributed by atoms with Crippen molar-refractivity contribution in [2.24, 2.45) is 0 Å². The first-order valence-corrected chi connectivity index (χ1v) is 17.6. The largest absolute Gasteiger partial charge is 0.307 e. The molecule has 0 spiro atoms. The molecule has 0 atom stereocenters. The molecule has 0 aliphatic heterocycles. The van der Waals surface area contributed by atoms with Gasteiger partial charge in [-0.05, 0) is 63.5 Å². The van der Waals surface area contributed by atoms with Crippen LogP contribution >= 0.6 is 22.7 Å². The summed E-state index contributed by atoms with van der Waals surface area (Å²) in [4.78, 5) is 2.54. The van der Waals surface area contributed by atoms with E-state index in [0.29, 0.717) is 0 Å². The SMILES string of the molecule is c1ccc(N(c2cccc3c2sc2ccccc23)c2cccc3c2sc2ccccc23)c(-c2cc3ccccc3c3ccccc23)c1. The van der Waals surface area contributed by atoms with Crippen LogP contribution in [0, 0.1) is 0 Å². The zero-order valence-electron chi connectivity index (χ0n) is 25.4. The molecule has 0 aliphatic rings. The summed E-state index contributed by atoms with van der Waals surface area (Å²) in [5.41, 5.74) is 6.03. The predicted molar refractivity (Wildman–Crippen MR) is 207 cm³/mol. The lowest BCUT2D eigenvalue weighted by atomic mass is 9.92. The monoisotopic (exact) mass is 633 g/mol. The maximum Gasteiger partial charge on any atom is 0.0641 e. The number of thiophene rings is 2. The summed E-state index contributed by atoms with van der Waals surface area (Å²) in [5, 5.41) is 10.3. The van der Waals surface area contributed by atoms with Crippen molar-refractivity contribution >= 4 is 102 Å². The Kier molecular flexibility index (Phi) is 5.98. The molecule has 0 aliphatic carbocycles. The van der Waals surface area contributed by atoms with Crippen LogP contribution in [0.15, 0.2) is 164 Å². The number of hydrogen-bond donors (Lipinski definition) is 0. The zero-order valence-corrected chi connectivity index (χ0v) is 27.0. The fraction of sp³-hybridized carbons (Fsp3) is 0. The van der Waals surface area contributed by atoms with Gasteiger partial charge < -0.3 is 4.90 Å². The van der Waals surface area contributed by atoms with Gasteiger partial charge in [-0.15, -0.1) is 22.7 Å². The van der Waals surface area contributed by atoms with Gasteiger partial charge in [-0.25, -0.2) is 0 Å². The van der Waals surface area contributed by atoms with Crippen molar-refractivity contribution in [1.29, 1.82) is 0 Å². The maximum absolute atomic E-state index is 2.54. The molecule has 0 fully saturated rings. The molecule has 10 aromatic rings. The average molecular weight is 634 g/mol. The maximum atomic E-state index is 2.54. The Balaban J connectivity index is 1.33. The molecule has 0 saturated carbocycles. The van der Waals surface area contributed by atoms with E-state index in [-0.39, 0.29) is 0 Å². The van der Waals surface area contributed by atoms with Crippen LogP contribution in [0.1, 0.15) is 0 Å². The van der Waals surface area contributed by atoms with Crippen LogP contribution in [-0.4, -0.2) is 0 Å². The first-order valence-electron chi connectivity index (χ1n) is 15.9. The lowest BCUT2D eigenvalue weighted by Crippen LogP contribution is -2.11. The molecule has 1 nitrogen and oxygen atoms in total. The number of fused-ring (bicyclic) bond motifs is 9. The van der Waals surface area contributed by atoms with Gasteiger partial charge in [0.05, 0.1) is 26.5 Å². The van der Waals surface area contributed by atoms with Gasteiger partial charge in [0, 0.05) is 36.5 Å². The molecule has 8 aromatic carbocycles. The molecule has 0 radical (unpaired) electrons. The van der Waals surface area contributed by atoms with Crippen LogP contribution < -0.4 is 4.90 Å². The summed E-state index contributed by atoms with van der Waals surface area (Å²) in [7, 11) is 0. The molecule has 10 rings (SSSR count). The second-order valence-electron chi connectivity index (χ2n) is 12.0. The summed E-state index contributed by atoms with van der Waals surface area (Å²) >= 11 is 3.77. The minimum Gasteiger partial charge on any atom is -0.307 e. The van der Waals surface area contributed by atoms with E-state index in [9.17, 15) is 0 Å². The van der Waals surface area contributed by atoms with Gasteiger partial charge >= 0.3 is 0 Å². The topological polar surface area (TPSA) is 3.24 Å². The Morgan fingerprint density at radius 3 is 1.45 bits per heavy atom. The number of rotatable bonds is 4. The first-order chi connectivity index (χ1) is 23.3. The Labute approximate surface area is 280 Å². The van der Waals surface area contributed by atoms with E-state index in [1.165, 1.54) is 90.1 Å². The van der Waals surface area contributed by atoms with Gasteiger partial charge in [0.25, 0.3) is 0 Å². The van der Waals surface area contributed by atoms with Gasteiger partial charge in [-0.3, -0.25) is 0 Å². The van der Waals surface area contributed by atoms with Crippen molar-refractivity contribution < 1.29 is 0 Å². The van der Waals surface area contributed by atoms with Crippen LogP contribution in [0.5, 0.6) is 0 Å². The lowest BCUT2D eigenvalue weighted by Gasteiger charge is -2.29. The first kappa shape index (κ1) is 26.7. The van der Waals surface area contributed by atoms with Crippen molar-refractivity contribution in [1.82, 2.24) is 0 Å². The Bertz CT molecular complexity index is 2710. The van der Waals surface area contributed by atoms with E-state index in [4.69, 9.17) is 0 Å². The molecule has 0 N–H and O–H groups in total. The van der Waals surface area contributed by atoms with Crippen LogP contribution in [0.4, 0.5) is 17.1 Å². The third-order valence-electron chi connectivity index (χ3n) is 9.45. The van der Waals surface area contributed by atoms with Gasteiger partial charge in [0.2, 0.25) is 0 Å². The third kappa shape index (κ3) is 4.07. The van der Waals surface area contributed by atoms with E-state index in [2.05, 4.69) is 169 Å². The van der Waals surface area contributed by atoms with Crippen LogP contribution in [0.2, 0.25) is 0 Å². The highest BCUT2D eigenvalue weighted by Gasteiger charge is 2.24. The van der Waals surface area contributed by atoms with Crippen molar-refractivity contribution in [3.05, 3.63) is 164 Å². The normalized spacial score (nSPS) is 11.8. The van der Waals surface area contributed by atoms with Gasteiger partial charge in [0.15, 0.2) is 0 Å². The summed E-state index contributed by atoms with van der Waals surface area (Å²) in [5.74, 6) is 0. The standard InChI is InChI=1S/C44H27NS2/c1-2-14-29-28(13-1)27-37(31-16-4-3-15-30(29)31)32-17-5-8-22-38(32)45(39-23-11-20-35-33-18-6-9-25-41(33)46-43(35)39)40-24-12-21-36-34-19-7-10-26-42(34)47-44(36)40/h1-27H. The molecule has 0 bridgehead atoms. The molecule has 3 heteroatoms. The summed E-state index contributed by atoms with van der Waals surface area (Å²) in [6.07, 6.45) is 0. The number of anilines is 3. The highest BCUT2D eigenvalue weighted by molar-refractivity contribution is 7.27. The fourth-order valence-corrected chi connectivity index (χ4v) is 9.79. The van der Waals surface area contributed by atoms with Crippen molar-refractivity contribution in [3.8, 4) is 11.1 Å². The van der Waals surface area contributed by atoms with Crippen LogP contribution in [0.25, 0.3) is 73.0 Å². The molecule has 220 valence electrons. The lowest BCUT2D eigenvalue weighted by molar-refractivity contribution is 1.32. The van der Waals surface area contributed by atoms with Gasteiger partial charge in [-0.1, -0.05) is 127 Å². The van der Waals surface area contributed by atoms with E-state index in [1.54, 1.807) is 0 Å². The fourth-order valence-electron chi connectivity index (χ4n) is 7.38. The summed E-state index contributed by atoms with van der Waals surface area (Å²) in [6, 6.07) is 60.2. The molecular weight excluding hydrogens is 607 g/mol. The van der Waals surface area contributed by atoms with Crippen molar-refractivity contribution in [2.45, 2.75) is 0 Å². The van der Waals surface area contributed by atoms with E-state index < -0.39 is 0 Å². The predicted octanol–water partition coefficient (Wildman–Crippen LogP) is 13.9. The number of nitrogens with zero attached hydrogens (tertiary/aromatic N) is 1. The molecule has 0 unspecified atom stereocenters. The Morgan fingerprint density at radius 2 is 0.787 bits per heavy atom. The molecule has 0 saturated heterocycles. The van der Waals surface area contributed by atoms with E-state index >= 15 is 0 Å². The summed E-state index contributed by atoms with van der Waals surface area (Å²) in [6.45, 7) is 0. The summed E-state index contributed by atoms with van der Waals surface area (Å²) < 4.78 is 5.21. The average Bonchev–Trinajstić information content (AvgIpc) is 3.71.